The molecule has 4 aromatic rings. The second kappa shape index (κ2) is 10.3. The number of carboxylic acids is 1. The van der Waals surface area contributed by atoms with Gasteiger partial charge in [0.05, 0.1) is 6.42 Å². The fraction of sp³-hybridized carbons (Fsp3) is 0.192. The minimum Gasteiger partial charge on any atom is -0.488 e. The van der Waals surface area contributed by atoms with E-state index in [1.54, 1.807) is 42.5 Å². The molecule has 0 saturated heterocycles. The predicted octanol–water partition coefficient (Wildman–Crippen LogP) is 6.73. The van der Waals surface area contributed by atoms with Gasteiger partial charge < -0.3 is 15.2 Å². The first-order chi connectivity index (χ1) is 16.3. The van der Waals surface area contributed by atoms with Gasteiger partial charge in [-0.25, -0.2) is 0 Å². The van der Waals surface area contributed by atoms with Gasteiger partial charge in [0, 0.05) is 23.5 Å². The van der Waals surface area contributed by atoms with E-state index in [-0.39, 0.29) is 18.6 Å². The highest BCUT2D eigenvalue weighted by atomic mass is 32.1. The third-order valence-electron chi connectivity index (χ3n) is 5.23. The lowest BCUT2D eigenvalue weighted by atomic mass is 10.1. The molecule has 8 heteroatoms. The molecule has 0 unspecified atom stereocenters. The number of nitrogens with one attached hydrogen (secondary N) is 1. The van der Waals surface area contributed by atoms with Crippen molar-refractivity contribution in [1.29, 1.82) is 0 Å². The van der Waals surface area contributed by atoms with Gasteiger partial charge in [0.2, 0.25) is 0 Å². The quantitative estimate of drug-likeness (QED) is 0.258. The summed E-state index contributed by atoms with van der Waals surface area (Å²) in [4.78, 5) is 10.5. The van der Waals surface area contributed by atoms with Gasteiger partial charge in [-0.3, -0.25) is 4.79 Å². The molecule has 0 fully saturated rings. The molecular weight excluding hydrogens is 463 g/mol. The SMILES string of the molecule is O=C(O)CCNCc1ccc2cc(OCc3cc(-c4ccccc4)c(C(F)(F)F)s3)ccc2c1. The van der Waals surface area contributed by atoms with E-state index in [0.717, 1.165) is 16.3 Å². The Balaban J connectivity index is 1.45. The third kappa shape index (κ3) is 5.95. The van der Waals surface area contributed by atoms with Crippen LogP contribution in [-0.2, 0) is 24.1 Å². The molecule has 1 aromatic heterocycles. The molecule has 0 radical (unpaired) electrons. The van der Waals surface area contributed by atoms with Gasteiger partial charge in [-0.2, -0.15) is 13.2 Å². The van der Waals surface area contributed by atoms with Crippen LogP contribution in [0.2, 0.25) is 0 Å². The molecule has 34 heavy (non-hydrogen) atoms. The summed E-state index contributed by atoms with van der Waals surface area (Å²) in [5.41, 5.74) is 1.72. The van der Waals surface area contributed by atoms with Crippen molar-refractivity contribution >= 4 is 28.1 Å². The highest BCUT2D eigenvalue weighted by Crippen LogP contribution is 2.43. The summed E-state index contributed by atoms with van der Waals surface area (Å²) in [5, 5.41) is 13.7. The van der Waals surface area contributed by atoms with E-state index in [0.29, 0.717) is 40.6 Å². The van der Waals surface area contributed by atoms with Crippen LogP contribution in [0.4, 0.5) is 13.2 Å². The van der Waals surface area contributed by atoms with E-state index in [2.05, 4.69) is 5.32 Å². The summed E-state index contributed by atoms with van der Waals surface area (Å²) in [6.07, 6.45) is -4.37. The minimum atomic E-state index is -4.43. The molecular formula is C26H22F3NO3S. The van der Waals surface area contributed by atoms with Crippen molar-refractivity contribution < 1.29 is 27.8 Å². The largest absolute Gasteiger partial charge is 0.488 e. The van der Waals surface area contributed by atoms with Gasteiger partial charge >= 0.3 is 12.1 Å². The van der Waals surface area contributed by atoms with Crippen LogP contribution in [0.5, 0.6) is 5.75 Å². The van der Waals surface area contributed by atoms with Crippen LogP contribution in [-0.4, -0.2) is 17.6 Å². The number of alkyl halides is 3. The van der Waals surface area contributed by atoms with Gasteiger partial charge in [0.15, 0.2) is 0 Å². The Kier molecular flexibility index (Phi) is 7.19. The number of aliphatic carboxylic acids is 1. The first-order valence-electron chi connectivity index (χ1n) is 10.6. The normalized spacial score (nSPS) is 11.6. The monoisotopic (exact) mass is 485 g/mol. The number of hydrogen-bond acceptors (Lipinski definition) is 4. The molecule has 0 spiro atoms. The molecule has 0 aliphatic rings. The van der Waals surface area contributed by atoms with Crippen molar-refractivity contribution in [2.45, 2.75) is 25.7 Å². The third-order valence-corrected chi connectivity index (χ3v) is 6.38. The number of carboxylic acid groups (broad SMARTS) is 1. The molecule has 0 atom stereocenters. The zero-order valence-electron chi connectivity index (χ0n) is 18.1. The van der Waals surface area contributed by atoms with Crippen molar-refractivity contribution in [3.05, 3.63) is 88.1 Å². The van der Waals surface area contributed by atoms with Gasteiger partial charge in [0.1, 0.15) is 17.2 Å². The van der Waals surface area contributed by atoms with Gasteiger partial charge in [0.25, 0.3) is 0 Å². The molecule has 4 rings (SSSR count). The standard InChI is InChI=1S/C26H22F3NO3S/c27-26(28,29)25-23(18-4-2-1-3-5-18)14-22(34-25)16-33-21-9-8-19-12-17(6-7-20(19)13-21)15-30-11-10-24(31)32/h1-9,12-14,30H,10-11,15-16H2,(H,31,32). The number of rotatable bonds is 9. The summed E-state index contributed by atoms with van der Waals surface area (Å²) in [5.74, 6) is -0.268. The fourth-order valence-electron chi connectivity index (χ4n) is 3.61. The van der Waals surface area contributed by atoms with E-state index in [9.17, 15) is 18.0 Å². The molecule has 0 bridgehead atoms. The Bertz CT molecular complexity index is 1290. The van der Waals surface area contributed by atoms with Crippen molar-refractivity contribution in [2.75, 3.05) is 6.54 Å². The van der Waals surface area contributed by atoms with Crippen LogP contribution in [0.3, 0.4) is 0 Å². The molecule has 0 aliphatic carbocycles. The topological polar surface area (TPSA) is 58.6 Å². The lowest BCUT2D eigenvalue weighted by Gasteiger charge is -2.08. The van der Waals surface area contributed by atoms with Gasteiger partial charge in [-0.15, -0.1) is 11.3 Å². The highest BCUT2D eigenvalue weighted by molar-refractivity contribution is 7.12. The number of ether oxygens (including phenoxy) is 1. The molecule has 0 aliphatic heterocycles. The number of hydrogen-bond donors (Lipinski definition) is 2. The number of halogens is 3. The Morgan fingerprint density at radius 1 is 0.971 bits per heavy atom. The van der Waals surface area contributed by atoms with Crippen LogP contribution in [0.1, 0.15) is 21.7 Å². The lowest BCUT2D eigenvalue weighted by molar-refractivity contribution is -0.137. The second-order valence-electron chi connectivity index (χ2n) is 7.77. The summed E-state index contributed by atoms with van der Waals surface area (Å²) in [6.45, 7) is 0.994. The zero-order chi connectivity index (χ0) is 24.1. The summed E-state index contributed by atoms with van der Waals surface area (Å²) >= 11 is 0.704. The molecule has 0 amide bonds. The maximum absolute atomic E-state index is 13.6. The molecule has 1 heterocycles. The van der Waals surface area contributed by atoms with Gasteiger partial charge in [-0.1, -0.05) is 48.5 Å². The first kappa shape index (κ1) is 23.8. The summed E-state index contributed by atoms with van der Waals surface area (Å²) in [7, 11) is 0. The van der Waals surface area contributed by atoms with Crippen molar-refractivity contribution in [3.63, 3.8) is 0 Å². The maximum Gasteiger partial charge on any atom is 0.426 e. The van der Waals surface area contributed by atoms with Crippen LogP contribution in [0.15, 0.2) is 72.8 Å². The number of carbonyl (C=O) groups is 1. The van der Waals surface area contributed by atoms with Crippen LogP contribution < -0.4 is 10.1 Å². The maximum atomic E-state index is 13.6. The fourth-order valence-corrected chi connectivity index (χ4v) is 4.57. The van der Waals surface area contributed by atoms with E-state index < -0.39 is 17.0 Å². The van der Waals surface area contributed by atoms with E-state index in [1.165, 1.54) is 0 Å². The van der Waals surface area contributed by atoms with Crippen molar-refractivity contribution in [1.82, 2.24) is 5.32 Å². The summed E-state index contributed by atoms with van der Waals surface area (Å²) < 4.78 is 46.6. The minimum absolute atomic E-state index is 0.0394. The Labute approximate surface area is 198 Å². The average Bonchev–Trinajstić information content (AvgIpc) is 3.26. The second-order valence-corrected chi connectivity index (χ2v) is 8.91. The first-order valence-corrected chi connectivity index (χ1v) is 11.4. The Hall–Kier alpha value is -3.36. The summed E-state index contributed by atoms with van der Waals surface area (Å²) in [6, 6.07) is 21.5. The van der Waals surface area contributed by atoms with E-state index >= 15 is 0 Å². The lowest BCUT2D eigenvalue weighted by Crippen LogP contribution is -2.17. The average molecular weight is 486 g/mol. The molecule has 0 saturated carbocycles. The number of fused-ring (bicyclic) bond motifs is 1. The zero-order valence-corrected chi connectivity index (χ0v) is 18.9. The van der Waals surface area contributed by atoms with Crippen molar-refractivity contribution in [3.8, 4) is 16.9 Å². The number of benzene rings is 3. The van der Waals surface area contributed by atoms with Crippen LogP contribution >= 0.6 is 11.3 Å². The highest BCUT2D eigenvalue weighted by Gasteiger charge is 2.36. The molecule has 3 aromatic carbocycles. The number of thiophene rings is 1. The van der Waals surface area contributed by atoms with E-state index in [4.69, 9.17) is 9.84 Å². The van der Waals surface area contributed by atoms with Gasteiger partial charge in [-0.05, 0) is 46.2 Å². The van der Waals surface area contributed by atoms with Crippen LogP contribution in [0.25, 0.3) is 21.9 Å². The molecule has 176 valence electrons. The Morgan fingerprint density at radius 2 is 1.71 bits per heavy atom. The molecule has 2 N–H and O–H groups in total. The molecule has 4 nitrogen and oxygen atoms in total. The van der Waals surface area contributed by atoms with Crippen molar-refractivity contribution in [2.24, 2.45) is 0 Å². The predicted molar refractivity (Wildman–Crippen MR) is 127 cm³/mol. The Morgan fingerprint density at radius 3 is 2.44 bits per heavy atom. The van der Waals surface area contributed by atoms with Crippen LogP contribution in [0, 0.1) is 0 Å². The van der Waals surface area contributed by atoms with E-state index in [1.807, 2.05) is 30.3 Å². The smallest absolute Gasteiger partial charge is 0.426 e.